The van der Waals surface area contributed by atoms with Crippen molar-refractivity contribution >= 4 is 11.7 Å². The van der Waals surface area contributed by atoms with Crippen molar-refractivity contribution in [3.8, 4) is 0 Å². The highest BCUT2D eigenvalue weighted by Crippen LogP contribution is 2.38. The van der Waals surface area contributed by atoms with Gasteiger partial charge in [0.05, 0.1) is 6.17 Å². The van der Waals surface area contributed by atoms with E-state index in [1.54, 1.807) is 0 Å². The maximum atomic E-state index is 12.8. The number of fused-ring (bicyclic) bond motifs is 2. The second-order valence-electron chi connectivity index (χ2n) is 8.19. The molecule has 2 aliphatic rings. The number of allylic oxidation sites excluding steroid dienone is 1. The quantitative estimate of drug-likeness (QED) is 0.309. The lowest BCUT2D eigenvalue weighted by molar-refractivity contribution is 0.0632. The summed E-state index contributed by atoms with van der Waals surface area (Å²) in [7, 11) is 6.02. The van der Waals surface area contributed by atoms with Gasteiger partial charge >= 0.3 is 6.03 Å². The van der Waals surface area contributed by atoms with E-state index >= 15 is 0 Å². The number of hydrogen-bond acceptors (Lipinski definition) is 3. The maximum absolute atomic E-state index is 12.8. The van der Waals surface area contributed by atoms with Crippen molar-refractivity contribution in [1.29, 1.82) is 0 Å². The van der Waals surface area contributed by atoms with Crippen LogP contribution in [0.3, 0.4) is 0 Å². The van der Waals surface area contributed by atoms with Gasteiger partial charge < -0.3 is 5.32 Å². The Bertz CT molecular complexity index is 732. The molecule has 0 saturated carbocycles. The normalized spacial score (nSPS) is 15.9. The van der Waals surface area contributed by atoms with E-state index in [4.69, 9.17) is 0 Å². The Morgan fingerprint density at radius 2 is 1.82 bits per heavy atom. The van der Waals surface area contributed by atoms with Gasteiger partial charge in [0.1, 0.15) is 0 Å². The van der Waals surface area contributed by atoms with Gasteiger partial charge in [0.2, 0.25) is 0 Å². The van der Waals surface area contributed by atoms with Crippen LogP contribution in [0.5, 0.6) is 0 Å². The van der Waals surface area contributed by atoms with Crippen LogP contribution in [0.2, 0.25) is 0 Å². The van der Waals surface area contributed by atoms with Crippen molar-refractivity contribution in [2.24, 2.45) is 0 Å². The van der Waals surface area contributed by atoms with Gasteiger partial charge in [-0.15, -0.1) is 5.73 Å². The van der Waals surface area contributed by atoms with Crippen molar-refractivity contribution in [2.45, 2.75) is 64.0 Å². The Morgan fingerprint density at radius 3 is 2.39 bits per heavy atom. The van der Waals surface area contributed by atoms with Gasteiger partial charge in [-0.1, -0.05) is 12.6 Å². The number of carbonyl (C=O) groups excluding carboxylic acids is 1. The molecular weight excluding hydrogens is 348 g/mol. The fourth-order valence-corrected chi connectivity index (χ4v) is 4.65. The molecule has 0 fully saturated rings. The lowest BCUT2D eigenvalue weighted by Crippen LogP contribution is -2.52. The molecule has 5 nitrogen and oxygen atoms in total. The van der Waals surface area contributed by atoms with Gasteiger partial charge in [-0.3, -0.25) is 10.3 Å². The molecule has 0 saturated heterocycles. The summed E-state index contributed by atoms with van der Waals surface area (Å²) >= 11 is 0. The molecule has 2 amide bonds. The largest absolute Gasteiger partial charge is 0.333 e. The molecule has 0 bridgehead atoms. The molecule has 2 aliphatic carbocycles. The molecule has 0 radical (unpaired) electrons. The van der Waals surface area contributed by atoms with Crippen LogP contribution in [-0.2, 0) is 25.7 Å². The van der Waals surface area contributed by atoms with Crippen LogP contribution >= 0.6 is 0 Å². The van der Waals surface area contributed by atoms with Crippen molar-refractivity contribution in [3.63, 3.8) is 0 Å². The summed E-state index contributed by atoms with van der Waals surface area (Å²) in [4.78, 5) is 15.0. The maximum Gasteiger partial charge on any atom is 0.333 e. The van der Waals surface area contributed by atoms with Gasteiger partial charge in [-0.25, -0.2) is 9.80 Å². The van der Waals surface area contributed by atoms with Crippen LogP contribution in [-0.4, -0.2) is 43.2 Å². The van der Waals surface area contributed by atoms with Crippen LogP contribution in [0, 0.1) is 0 Å². The molecule has 1 aromatic rings. The van der Waals surface area contributed by atoms with Gasteiger partial charge in [0.15, 0.2) is 0 Å². The molecule has 2 N–H and O–H groups in total. The lowest BCUT2D eigenvalue weighted by atomic mass is 9.99. The number of benzene rings is 1. The van der Waals surface area contributed by atoms with E-state index in [0.717, 1.165) is 50.6 Å². The minimum absolute atomic E-state index is 0.135. The van der Waals surface area contributed by atoms with E-state index < -0.39 is 0 Å². The monoisotopic (exact) mass is 382 g/mol. The summed E-state index contributed by atoms with van der Waals surface area (Å²) in [6.07, 6.45) is 11.8. The SMILES string of the molecule is C=C=CCCCC(N(C)C)N(C)NC(=O)Nc1c2c(cc3c1CCC3)CCC2. The first-order chi connectivity index (χ1) is 13.5. The van der Waals surface area contributed by atoms with Crippen LogP contribution in [0.25, 0.3) is 0 Å². The number of rotatable bonds is 8. The van der Waals surface area contributed by atoms with E-state index in [1.807, 2.05) is 32.2 Å². The zero-order chi connectivity index (χ0) is 20.1. The van der Waals surface area contributed by atoms with Crippen LogP contribution in [0.15, 0.2) is 24.5 Å². The number of unbranched alkanes of at least 4 members (excludes halogenated alkanes) is 1. The Hall–Kier alpha value is -2.07. The summed E-state index contributed by atoms with van der Waals surface area (Å²) in [5, 5.41) is 5.12. The Labute approximate surface area is 169 Å². The predicted molar refractivity (Wildman–Crippen MR) is 115 cm³/mol. The number of hydrogen-bond donors (Lipinski definition) is 2. The Morgan fingerprint density at radius 1 is 1.18 bits per heavy atom. The minimum atomic E-state index is -0.144. The summed E-state index contributed by atoms with van der Waals surface area (Å²) < 4.78 is 0. The summed E-state index contributed by atoms with van der Waals surface area (Å²) in [6, 6.07) is 2.24. The highest BCUT2D eigenvalue weighted by Gasteiger charge is 2.26. The third kappa shape index (κ3) is 4.67. The Balaban J connectivity index is 1.66. The smallest absolute Gasteiger partial charge is 0.306 e. The zero-order valence-corrected chi connectivity index (χ0v) is 17.6. The minimum Gasteiger partial charge on any atom is -0.306 e. The van der Waals surface area contributed by atoms with Crippen LogP contribution < -0.4 is 10.7 Å². The second-order valence-corrected chi connectivity index (χ2v) is 8.19. The molecule has 1 unspecified atom stereocenters. The highest BCUT2D eigenvalue weighted by molar-refractivity contribution is 5.91. The molecule has 1 atom stereocenters. The third-order valence-electron chi connectivity index (χ3n) is 5.99. The first kappa shape index (κ1) is 20.7. The summed E-state index contributed by atoms with van der Waals surface area (Å²) in [6.45, 7) is 3.61. The molecule has 0 aliphatic heterocycles. The van der Waals surface area contributed by atoms with Gasteiger partial charge in [-0.2, -0.15) is 0 Å². The third-order valence-corrected chi connectivity index (χ3v) is 5.99. The molecule has 28 heavy (non-hydrogen) atoms. The van der Waals surface area contributed by atoms with Crippen molar-refractivity contribution < 1.29 is 4.79 Å². The molecule has 5 heteroatoms. The summed E-state index contributed by atoms with van der Waals surface area (Å²) in [5.41, 5.74) is 12.5. The standard InChI is InChI=1S/C23H34N4O/c1-5-6-7-8-15-21(26(2)3)27(4)25-23(28)24-22-19-13-9-11-17(19)16-18-12-10-14-20(18)22/h6,16,21H,1,7-15H2,2-4H3,(H2,24,25,28). The number of carbonyl (C=O) groups is 1. The molecule has 3 rings (SSSR count). The van der Waals surface area contributed by atoms with Gasteiger partial charge in [0.25, 0.3) is 0 Å². The number of aryl methyl sites for hydroxylation is 2. The topological polar surface area (TPSA) is 47.6 Å². The number of anilines is 1. The first-order valence-electron chi connectivity index (χ1n) is 10.5. The molecular formula is C23H34N4O. The second kappa shape index (κ2) is 9.42. The van der Waals surface area contributed by atoms with Crippen molar-refractivity contribution in [2.75, 3.05) is 26.5 Å². The van der Waals surface area contributed by atoms with E-state index in [9.17, 15) is 4.79 Å². The highest BCUT2D eigenvalue weighted by atomic mass is 16.2. The molecule has 1 aromatic carbocycles. The van der Waals surface area contributed by atoms with Crippen LogP contribution in [0.1, 0.15) is 54.4 Å². The average molecular weight is 383 g/mol. The van der Waals surface area contributed by atoms with Gasteiger partial charge in [0, 0.05) is 12.7 Å². The molecule has 0 spiro atoms. The average Bonchev–Trinajstić information content (AvgIpc) is 3.30. The summed E-state index contributed by atoms with van der Waals surface area (Å²) in [5.74, 6) is 0. The number of nitrogens with zero attached hydrogens (tertiary/aromatic N) is 2. The number of hydrazine groups is 1. The van der Waals surface area contributed by atoms with E-state index in [0.29, 0.717) is 0 Å². The number of urea groups is 1. The Kier molecular flexibility index (Phi) is 6.95. The molecule has 0 heterocycles. The lowest BCUT2D eigenvalue weighted by Gasteiger charge is -2.33. The number of amides is 2. The molecule has 0 aromatic heterocycles. The molecule has 152 valence electrons. The zero-order valence-electron chi connectivity index (χ0n) is 17.6. The fourth-order valence-electron chi connectivity index (χ4n) is 4.65. The van der Waals surface area contributed by atoms with E-state index in [2.05, 4.69) is 34.0 Å². The van der Waals surface area contributed by atoms with Crippen molar-refractivity contribution in [3.05, 3.63) is 46.7 Å². The van der Waals surface area contributed by atoms with E-state index in [1.165, 1.54) is 35.1 Å². The first-order valence-corrected chi connectivity index (χ1v) is 10.5. The van der Waals surface area contributed by atoms with E-state index in [-0.39, 0.29) is 12.2 Å². The van der Waals surface area contributed by atoms with Crippen molar-refractivity contribution in [1.82, 2.24) is 15.3 Å². The predicted octanol–water partition coefficient (Wildman–Crippen LogP) is 4.03. The fraction of sp³-hybridized carbons (Fsp3) is 0.565. The number of nitrogens with one attached hydrogen (secondary N) is 2. The van der Waals surface area contributed by atoms with Gasteiger partial charge in [-0.05, 0) is 100 Å². The van der Waals surface area contributed by atoms with Crippen LogP contribution in [0.4, 0.5) is 10.5 Å².